The monoisotopic (exact) mass is 376 g/mol. The van der Waals surface area contributed by atoms with Gasteiger partial charge in [0.2, 0.25) is 0 Å². The summed E-state index contributed by atoms with van der Waals surface area (Å²) in [6.07, 6.45) is 5.48. The summed E-state index contributed by atoms with van der Waals surface area (Å²) in [7, 11) is 0. The van der Waals surface area contributed by atoms with Gasteiger partial charge in [-0.3, -0.25) is 9.69 Å². The molecule has 0 aliphatic carbocycles. The molecule has 1 heterocycles. The highest BCUT2D eigenvalue weighted by Crippen LogP contribution is 2.12. The largest absolute Gasteiger partial charge is 0.348 e. The fraction of sp³-hybridized carbons (Fsp3) is 0.304. The third-order valence-electron chi connectivity index (χ3n) is 4.99. The number of carbonyl (C=O) groups excluding carboxylic acids is 1. The third-order valence-corrected chi connectivity index (χ3v) is 4.99. The molecule has 3 aromatic rings. The molecular formula is C23H28N4O. The average Bonchev–Trinajstić information content (AvgIpc) is 3.24. The van der Waals surface area contributed by atoms with Crippen molar-refractivity contribution < 1.29 is 4.79 Å². The number of amides is 1. The number of nitrogens with zero attached hydrogens (tertiary/aromatic N) is 3. The molecule has 0 bridgehead atoms. The summed E-state index contributed by atoms with van der Waals surface area (Å²) in [5, 5.41) is 3.06. The van der Waals surface area contributed by atoms with Crippen LogP contribution < -0.4 is 5.32 Å². The molecule has 0 spiro atoms. The Bertz CT molecular complexity index is 868. The number of carbonyl (C=O) groups is 1. The van der Waals surface area contributed by atoms with Crippen LogP contribution in [0.4, 0.5) is 0 Å². The van der Waals surface area contributed by atoms with Crippen LogP contribution in [0.2, 0.25) is 0 Å². The molecular weight excluding hydrogens is 348 g/mol. The van der Waals surface area contributed by atoms with Crippen LogP contribution in [0.3, 0.4) is 0 Å². The maximum atomic E-state index is 12.6. The van der Waals surface area contributed by atoms with Crippen LogP contribution in [0.1, 0.15) is 40.9 Å². The number of hydrogen-bond donors (Lipinski definition) is 1. The minimum Gasteiger partial charge on any atom is -0.348 e. The van der Waals surface area contributed by atoms with Gasteiger partial charge in [-0.1, -0.05) is 50.2 Å². The van der Waals surface area contributed by atoms with E-state index in [0.717, 1.165) is 31.7 Å². The van der Waals surface area contributed by atoms with E-state index in [1.54, 1.807) is 12.5 Å². The van der Waals surface area contributed by atoms with Gasteiger partial charge in [-0.05, 0) is 41.9 Å². The normalized spacial score (nSPS) is 11.0. The van der Waals surface area contributed by atoms with Gasteiger partial charge in [-0.2, -0.15) is 0 Å². The lowest BCUT2D eigenvalue weighted by Crippen LogP contribution is -2.26. The fourth-order valence-electron chi connectivity index (χ4n) is 3.20. The Morgan fingerprint density at radius 1 is 1.04 bits per heavy atom. The summed E-state index contributed by atoms with van der Waals surface area (Å²) < 4.78 is 2.00. The topological polar surface area (TPSA) is 50.2 Å². The summed E-state index contributed by atoms with van der Waals surface area (Å²) in [4.78, 5) is 19.0. The van der Waals surface area contributed by atoms with Crippen molar-refractivity contribution in [2.45, 2.75) is 33.5 Å². The summed E-state index contributed by atoms with van der Waals surface area (Å²) in [5.74, 6) is -0.0492. The highest BCUT2D eigenvalue weighted by atomic mass is 16.1. The molecule has 5 nitrogen and oxygen atoms in total. The van der Waals surface area contributed by atoms with E-state index in [4.69, 9.17) is 0 Å². The zero-order valence-electron chi connectivity index (χ0n) is 16.6. The molecule has 0 saturated carbocycles. The Balaban J connectivity index is 1.59. The Labute approximate surface area is 167 Å². The van der Waals surface area contributed by atoms with Crippen molar-refractivity contribution in [1.29, 1.82) is 0 Å². The summed E-state index contributed by atoms with van der Waals surface area (Å²) in [5.41, 5.74) is 4.25. The van der Waals surface area contributed by atoms with E-state index in [-0.39, 0.29) is 5.91 Å². The molecule has 1 aromatic heterocycles. The second kappa shape index (κ2) is 9.85. The smallest absolute Gasteiger partial charge is 0.251 e. The SMILES string of the molecule is CCN(CC)Cc1ccccc1CNC(=O)c1ccc(Cn2ccnc2)cc1. The Morgan fingerprint density at radius 3 is 2.39 bits per heavy atom. The molecule has 0 fully saturated rings. The number of aromatic nitrogens is 2. The number of rotatable bonds is 9. The summed E-state index contributed by atoms with van der Waals surface area (Å²) >= 11 is 0. The molecule has 0 atom stereocenters. The zero-order chi connectivity index (χ0) is 19.8. The average molecular weight is 377 g/mol. The minimum absolute atomic E-state index is 0.0492. The maximum Gasteiger partial charge on any atom is 0.251 e. The lowest BCUT2D eigenvalue weighted by Gasteiger charge is -2.20. The fourth-order valence-corrected chi connectivity index (χ4v) is 3.20. The van der Waals surface area contributed by atoms with Crippen molar-refractivity contribution in [2.75, 3.05) is 13.1 Å². The Hall–Kier alpha value is -2.92. The summed E-state index contributed by atoms with van der Waals surface area (Å²) in [6, 6.07) is 16.1. The van der Waals surface area contributed by atoms with Crippen molar-refractivity contribution in [3.05, 3.63) is 89.5 Å². The minimum atomic E-state index is -0.0492. The van der Waals surface area contributed by atoms with Gasteiger partial charge in [0.05, 0.1) is 6.33 Å². The van der Waals surface area contributed by atoms with Gasteiger partial charge < -0.3 is 9.88 Å². The highest BCUT2D eigenvalue weighted by Gasteiger charge is 2.09. The Morgan fingerprint density at radius 2 is 1.75 bits per heavy atom. The third kappa shape index (κ3) is 5.30. The van der Waals surface area contributed by atoms with Crippen LogP contribution in [0.15, 0.2) is 67.3 Å². The maximum absolute atomic E-state index is 12.6. The van der Waals surface area contributed by atoms with E-state index < -0.39 is 0 Å². The first-order chi connectivity index (χ1) is 13.7. The van der Waals surface area contributed by atoms with Crippen molar-refractivity contribution in [1.82, 2.24) is 19.8 Å². The number of nitrogens with one attached hydrogen (secondary N) is 1. The molecule has 0 saturated heterocycles. The molecule has 3 rings (SSSR count). The van der Waals surface area contributed by atoms with Gasteiger partial charge in [-0.15, -0.1) is 0 Å². The molecule has 5 heteroatoms. The lowest BCUT2D eigenvalue weighted by atomic mass is 10.1. The molecule has 0 aliphatic heterocycles. The van der Waals surface area contributed by atoms with Gasteiger partial charge in [0, 0.05) is 37.6 Å². The van der Waals surface area contributed by atoms with Crippen LogP contribution in [0.5, 0.6) is 0 Å². The zero-order valence-corrected chi connectivity index (χ0v) is 16.6. The highest BCUT2D eigenvalue weighted by molar-refractivity contribution is 5.94. The van der Waals surface area contributed by atoms with E-state index >= 15 is 0 Å². The van der Waals surface area contributed by atoms with Crippen LogP contribution in [0, 0.1) is 0 Å². The molecule has 0 radical (unpaired) electrons. The van der Waals surface area contributed by atoms with Crippen LogP contribution in [-0.4, -0.2) is 33.4 Å². The molecule has 0 unspecified atom stereocenters. The number of benzene rings is 2. The second-order valence-electron chi connectivity index (χ2n) is 6.84. The lowest BCUT2D eigenvalue weighted by molar-refractivity contribution is 0.0950. The van der Waals surface area contributed by atoms with E-state index in [1.807, 2.05) is 41.1 Å². The van der Waals surface area contributed by atoms with Crippen LogP contribution >= 0.6 is 0 Å². The first kappa shape index (κ1) is 19.8. The van der Waals surface area contributed by atoms with E-state index in [0.29, 0.717) is 12.1 Å². The first-order valence-electron chi connectivity index (χ1n) is 9.81. The Kier molecular flexibility index (Phi) is 6.98. The second-order valence-corrected chi connectivity index (χ2v) is 6.84. The van der Waals surface area contributed by atoms with Crippen molar-refractivity contribution in [2.24, 2.45) is 0 Å². The molecule has 1 amide bonds. The molecule has 1 N–H and O–H groups in total. The predicted octanol–water partition coefficient (Wildman–Crippen LogP) is 3.70. The van der Waals surface area contributed by atoms with Gasteiger partial charge in [0.1, 0.15) is 0 Å². The number of imidazole rings is 1. The first-order valence-corrected chi connectivity index (χ1v) is 9.81. The molecule has 2 aromatic carbocycles. The molecule has 28 heavy (non-hydrogen) atoms. The van der Waals surface area contributed by atoms with Gasteiger partial charge >= 0.3 is 0 Å². The number of hydrogen-bond acceptors (Lipinski definition) is 3. The van der Waals surface area contributed by atoms with Crippen LogP contribution in [0.25, 0.3) is 0 Å². The van der Waals surface area contributed by atoms with Crippen molar-refractivity contribution in [3.8, 4) is 0 Å². The standard InChI is InChI=1S/C23H28N4O/c1-3-26(4-2)17-22-8-6-5-7-21(22)15-25-23(28)20-11-9-19(10-12-20)16-27-14-13-24-18-27/h5-14,18H,3-4,15-17H2,1-2H3,(H,25,28). The van der Waals surface area contributed by atoms with Gasteiger partial charge in [0.25, 0.3) is 5.91 Å². The van der Waals surface area contributed by atoms with Crippen molar-refractivity contribution >= 4 is 5.91 Å². The van der Waals surface area contributed by atoms with Gasteiger partial charge in [-0.25, -0.2) is 4.98 Å². The van der Waals surface area contributed by atoms with Crippen molar-refractivity contribution in [3.63, 3.8) is 0 Å². The van der Waals surface area contributed by atoms with E-state index in [1.165, 1.54) is 11.1 Å². The van der Waals surface area contributed by atoms with Gasteiger partial charge in [0.15, 0.2) is 0 Å². The van der Waals surface area contributed by atoms with E-state index in [9.17, 15) is 4.79 Å². The molecule has 0 aliphatic rings. The summed E-state index contributed by atoms with van der Waals surface area (Å²) in [6.45, 7) is 8.57. The van der Waals surface area contributed by atoms with E-state index in [2.05, 4.69) is 47.2 Å². The molecule has 146 valence electrons. The predicted molar refractivity (Wildman–Crippen MR) is 112 cm³/mol. The quantitative estimate of drug-likeness (QED) is 0.619. The van der Waals surface area contributed by atoms with Crippen LogP contribution in [-0.2, 0) is 19.6 Å².